The minimum Gasteiger partial charge on any atom is -0.306 e. The summed E-state index contributed by atoms with van der Waals surface area (Å²) in [4.78, 5) is 4.71. The van der Waals surface area contributed by atoms with Crippen LogP contribution >= 0.6 is 0 Å². The average molecular weight is 388 g/mol. The Labute approximate surface area is 162 Å². The molecule has 2 heterocycles. The molecule has 0 fully saturated rings. The molecule has 0 bridgehead atoms. The number of fused-ring (bicyclic) bond motifs is 1. The van der Waals surface area contributed by atoms with Crippen molar-refractivity contribution in [3.05, 3.63) is 84.2 Å². The van der Waals surface area contributed by atoms with Gasteiger partial charge < -0.3 is 4.40 Å². The first-order chi connectivity index (χ1) is 13.4. The molecule has 0 radical (unpaired) electrons. The van der Waals surface area contributed by atoms with Crippen molar-refractivity contribution in [1.82, 2.24) is 9.38 Å². The second-order valence-corrected chi connectivity index (χ2v) is 8.10. The molecule has 0 aliphatic heterocycles. The summed E-state index contributed by atoms with van der Waals surface area (Å²) >= 11 is 0. The van der Waals surface area contributed by atoms with Crippen LogP contribution in [-0.2, 0) is 10.0 Å². The number of nitrogens with zero attached hydrogens (tertiary/aromatic N) is 3. The fraction of sp³-hybridized carbons (Fsp3) is 0.0476. The number of hydrogen-bond donors (Lipinski definition) is 1. The third-order valence-corrected chi connectivity index (χ3v) is 5.74. The fourth-order valence-corrected chi connectivity index (χ4v) is 3.91. The maximum absolute atomic E-state index is 12.5. The third-order valence-electron chi connectivity index (χ3n) is 4.34. The van der Waals surface area contributed by atoms with Gasteiger partial charge in [0.2, 0.25) is 0 Å². The third kappa shape index (κ3) is 3.46. The first kappa shape index (κ1) is 17.8. The Bertz CT molecular complexity index is 1300. The zero-order valence-electron chi connectivity index (χ0n) is 15.0. The summed E-state index contributed by atoms with van der Waals surface area (Å²) in [5.74, 6) is 0. The number of nitrogens with one attached hydrogen (secondary N) is 1. The summed E-state index contributed by atoms with van der Waals surface area (Å²) in [6.07, 6.45) is 3.89. The second-order valence-electron chi connectivity index (χ2n) is 6.41. The zero-order valence-corrected chi connectivity index (χ0v) is 15.8. The topological polar surface area (TPSA) is 87.3 Å². The van der Waals surface area contributed by atoms with Gasteiger partial charge in [-0.05, 0) is 61.0 Å². The van der Waals surface area contributed by atoms with Crippen LogP contribution in [-0.4, -0.2) is 17.8 Å². The summed E-state index contributed by atoms with van der Waals surface area (Å²) in [5.41, 5.74) is 4.56. The van der Waals surface area contributed by atoms with Crippen molar-refractivity contribution < 1.29 is 8.42 Å². The Morgan fingerprint density at radius 1 is 1.04 bits per heavy atom. The van der Waals surface area contributed by atoms with E-state index in [0.29, 0.717) is 11.3 Å². The molecule has 1 N–H and O–H groups in total. The molecule has 6 nitrogen and oxygen atoms in total. The van der Waals surface area contributed by atoms with Gasteiger partial charge in [-0.1, -0.05) is 12.1 Å². The zero-order chi connectivity index (χ0) is 19.7. The lowest BCUT2D eigenvalue weighted by molar-refractivity contribution is 0.601. The SMILES string of the molecule is Cc1ccn2cc(-c3ccc(NS(=O)(=O)c4ccc(C#N)cc4)cc3)nc2c1. The molecular weight excluding hydrogens is 372 g/mol. The van der Waals surface area contributed by atoms with Gasteiger partial charge in [-0.15, -0.1) is 0 Å². The second kappa shape index (κ2) is 6.83. The van der Waals surface area contributed by atoms with Crippen molar-refractivity contribution in [2.45, 2.75) is 11.8 Å². The quantitative estimate of drug-likeness (QED) is 0.573. The van der Waals surface area contributed by atoms with Gasteiger partial charge in [0.05, 0.1) is 22.2 Å². The number of nitriles is 1. The highest BCUT2D eigenvalue weighted by Crippen LogP contribution is 2.23. The molecule has 0 unspecified atom stereocenters. The highest BCUT2D eigenvalue weighted by Gasteiger charge is 2.14. The maximum atomic E-state index is 12.5. The van der Waals surface area contributed by atoms with Crippen molar-refractivity contribution >= 4 is 21.4 Å². The van der Waals surface area contributed by atoms with E-state index in [-0.39, 0.29) is 4.90 Å². The normalized spacial score (nSPS) is 11.3. The van der Waals surface area contributed by atoms with E-state index in [4.69, 9.17) is 5.26 Å². The standard InChI is InChI=1S/C21H16N4O2S/c1-15-10-11-25-14-20(23-21(25)12-15)17-4-6-18(7-5-17)24-28(26,27)19-8-2-16(13-22)3-9-19/h2-12,14,24H,1H3. The summed E-state index contributed by atoms with van der Waals surface area (Å²) in [7, 11) is -3.72. The van der Waals surface area contributed by atoms with E-state index in [2.05, 4.69) is 9.71 Å². The van der Waals surface area contributed by atoms with Crippen LogP contribution in [0.2, 0.25) is 0 Å². The average Bonchev–Trinajstić information content (AvgIpc) is 3.11. The smallest absolute Gasteiger partial charge is 0.261 e. The van der Waals surface area contributed by atoms with Crippen molar-refractivity contribution in [1.29, 1.82) is 5.26 Å². The van der Waals surface area contributed by atoms with Gasteiger partial charge in [-0.25, -0.2) is 13.4 Å². The molecule has 0 spiro atoms. The van der Waals surface area contributed by atoms with E-state index in [1.54, 1.807) is 12.1 Å². The van der Waals surface area contributed by atoms with E-state index in [1.165, 1.54) is 24.3 Å². The maximum Gasteiger partial charge on any atom is 0.261 e. The summed E-state index contributed by atoms with van der Waals surface area (Å²) < 4.78 is 29.5. The van der Waals surface area contributed by atoms with Gasteiger partial charge in [0.25, 0.3) is 10.0 Å². The number of imidazole rings is 1. The Balaban J connectivity index is 1.57. The molecule has 0 atom stereocenters. The molecule has 28 heavy (non-hydrogen) atoms. The van der Waals surface area contributed by atoms with Crippen LogP contribution in [0.15, 0.2) is 78.0 Å². The molecule has 0 saturated heterocycles. The summed E-state index contributed by atoms with van der Waals surface area (Å²) in [6.45, 7) is 2.02. The molecule has 0 amide bonds. The first-order valence-electron chi connectivity index (χ1n) is 8.53. The molecule has 0 aliphatic rings. The van der Waals surface area contributed by atoms with E-state index < -0.39 is 10.0 Å². The van der Waals surface area contributed by atoms with Crippen molar-refractivity contribution in [3.8, 4) is 17.3 Å². The van der Waals surface area contributed by atoms with Gasteiger partial charge in [0.1, 0.15) is 5.65 Å². The largest absolute Gasteiger partial charge is 0.306 e. The minimum atomic E-state index is -3.72. The van der Waals surface area contributed by atoms with Crippen LogP contribution in [0.3, 0.4) is 0 Å². The lowest BCUT2D eigenvalue weighted by Gasteiger charge is -2.08. The molecular formula is C21H16N4O2S. The van der Waals surface area contributed by atoms with Gasteiger partial charge in [0.15, 0.2) is 0 Å². The molecule has 4 aromatic rings. The van der Waals surface area contributed by atoms with Gasteiger partial charge in [0, 0.05) is 23.6 Å². The Kier molecular flexibility index (Phi) is 4.34. The summed E-state index contributed by atoms with van der Waals surface area (Å²) in [5, 5.41) is 8.82. The molecule has 4 rings (SSSR count). The highest BCUT2D eigenvalue weighted by atomic mass is 32.2. The lowest BCUT2D eigenvalue weighted by Crippen LogP contribution is -2.12. The van der Waals surface area contributed by atoms with Crippen LogP contribution in [0.25, 0.3) is 16.9 Å². The molecule has 0 saturated carbocycles. The number of sulfonamides is 1. The number of anilines is 1. The number of pyridine rings is 1. The molecule has 138 valence electrons. The van der Waals surface area contributed by atoms with Crippen molar-refractivity contribution in [2.75, 3.05) is 4.72 Å². The van der Waals surface area contributed by atoms with Crippen LogP contribution in [0.4, 0.5) is 5.69 Å². The van der Waals surface area contributed by atoms with E-state index in [1.807, 2.05) is 54.1 Å². The molecule has 2 aromatic heterocycles. The Morgan fingerprint density at radius 2 is 1.75 bits per heavy atom. The van der Waals surface area contributed by atoms with E-state index in [9.17, 15) is 8.42 Å². The minimum absolute atomic E-state index is 0.103. The van der Waals surface area contributed by atoms with Gasteiger partial charge in [-0.2, -0.15) is 5.26 Å². The molecule has 7 heteroatoms. The van der Waals surface area contributed by atoms with Crippen molar-refractivity contribution in [2.24, 2.45) is 0 Å². The van der Waals surface area contributed by atoms with Crippen LogP contribution in [0.1, 0.15) is 11.1 Å². The van der Waals surface area contributed by atoms with Crippen LogP contribution in [0.5, 0.6) is 0 Å². The number of rotatable bonds is 4. The number of hydrogen-bond acceptors (Lipinski definition) is 4. The predicted octanol–water partition coefficient (Wildman–Crippen LogP) is 3.98. The highest BCUT2D eigenvalue weighted by molar-refractivity contribution is 7.92. The summed E-state index contributed by atoms with van der Waals surface area (Å²) in [6, 6.07) is 18.8. The van der Waals surface area contributed by atoms with E-state index in [0.717, 1.165) is 22.5 Å². The first-order valence-corrected chi connectivity index (χ1v) is 10.0. The van der Waals surface area contributed by atoms with Gasteiger partial charge >= 0.3 is 0 Å². The van der Waals surface area contributed by atoms with Crippen molar-refractivity contribution in [3.63, 3.8) is 0 Å². The lowest BCUT2D eigenvalue weighted by atomic mass is 10.1. The van der Waals surface area contributed by atoms with E-state index >= 15 is 0 Å². The number of aromatic nitrogens is 2. The molecule has 0 aliphatic carbocycles. The molecule has 2 aromatic carbocycles. The number of benzene rings is 2. The Morgan fingerprint density at radius 3 is 2.43 bits per heavy atom. The monoisotopic (exact) mass is 388 g/mol. The number of aryl methyl sites for hydroxylation is 1. The van der Waals surface area contributed by atoms with Crippen LogP contribution in [0, 0.1) is 18.3 Å². The van der Waals surface area contributed by atoms with Gasteiger partial charge in [-0.3, -0.25) is 4.72 Å². The van der Waals surface area contributed by atoms with Crippen LogP contribution < -0.4 is 4.72 Å². The Hall–Kier alpha value is -3.63. The fourth-order valence-electron chi connectivity index (χ4n) is 2.85. The predicted molar refractivity (Wildman–Crippen MR) is 107 cm³/mol.